The minimum absolute atomic E-state index is 0.0274. The molecule has 1 aromatic carbocycles. The van der Waals surface area contributed by atoms with Gasteiger partial charge >= 0.3 is 0 Å². The summed E-state index contributed by atoms with van der Waals surface area (Å²) in [5, 5.41) is 4.14. The zero-order chi connectivity index (χ0) is 15.5. The third kappa shape index (κ3) is 2.81. The van der Waals surface area contributed by atoms with Gasteiger partial charge in [0.1, 0.15) is 12.1 Å². The molecule has 1 amide bonds. The Hall–Kier alpha value is -2.37. The predicted molar refractivity (Wildman–Crippen MR) is 79.0 cm³/mol. The Bertz CT molecular complexity index is 639. The highest BCUT2D eigenvalue weighted by Gasteiger charge is 2.36. The van der Waals surface area contributed by atoms with Crippen LogP contribution < -0.4 is 4.74 Å². The Morgan fingerprint density at radius 3 is 2.82 bits per heavy atom. The van der Waals surface area contributed by atoms with Crippen molar-refractivity contribution in [3.05, 3.63) is 48.5 Å². The van der Waals surface area contributed by atoms with Crippen LogP contribution in [0.4, 0.5) is 4.39 Å². The molecule has 0 spiro atoms. The highest BCUT2D eigenvalue weighted by molar-refractivity contribution is 5.81. The van der Waals surface area contributed by atoms with Gasteiger partial charge in [0.15, 0.2) is 11.6 Å². The van der Waals surface area contributed by atoms with E-state index >= 15 is 0 Å². The SMILES string of the molecule is CCC(C(=O)N1CC(Oc2ccccc2F)C1)n1cccn1. The van der Waals surface area contributed by atoms with E-state index in [1.165, 1.54) is 6.07 Å². The fraction of sp³-hybridized carbons (Fsp3) is 0.375. The second kappa shape index (κ2) is 6.17. The maximum atomic E-state index is 13.5. The molecule has 1 saturated heterocycles. The Morgan fingerprint density at radius 2 is 2.18 bits per heavy atom. The Balaban J connectivity index is 1.56. The lowest BCUT2D eigenvalue weighted by atomic mass is 10.1. The summed E-state index contributed by atoms with van der Waals surface area (Å²) >= 11 is 0. The molecule has 116 valence electrons. The van der Waals surface area contributed by atoms with Crippen molar-refractivity contribution in [3.8, 4) is 5.75 Å². The van der Waals surface area contributed by atoms with Crippen molar-refractivity contribution >= 4 is 5.91 Å². The average Bonchev–Trinajstić information content (AvgIpc) is 2.99. The fourth-order valence-corrected chi connectivity index (χ4v) is 2.56. The topological polar surface area (TPSA) is 47.4 Å². The number of rotatable bonds is 5. The number of benzene rings is 1. The second-order valence-corrected chi connectivity index (χ2v) is 5.32. The van der Waals surface area contributed by atoms with Crippen molar-refractivity contribution in [1.29, 1.82) is 0 Å². The first-order valence-corrected chi connectivity index (χ1v) is 7.38. The number of carbonyl (C=O) groups excluding carboxylic acids is 1. The van der Waals surface area contributed by atoms with E-state index < -0.39 is 0 Å². The summed E-state index contributed by atoms with van der Waals surface area (Å²) < 4.78 is 20.8. The van der Waals surface area contributed by atoms with Crippen LogP contribution in [0.2, 0.25) is 0 Å². The van der Waals surface area contributed by atoms with Gasteiger partial charge in [-0.1, -0.05) is 19.1 Å². The first kappa shape index (κ1) is 14.6. The van der Waals surface area contributed by atoms with Crippen LogP contribution in [0.5, 0.6) is 5.75 Å². The van der Waals surface area contributed by atoms with E-state index in [9.17, 15) is 9.18 Å². The van der Waals surface area contributed by atoms with E-state index in [0.29, 0.717) is 19.5 Å². The summed E-state index contributed by atoms with van der Waals surface area (Å²) in [5.74, 6) is -0.117. The molecule has 3 rings (SSSR count). The van der Waals surface area contributed by atoms with Crippen molar-refractivity contribution in [1.82, 2.24) is 14.7 Å². The van der Waals surface area contributed by atoms with Gasteiger partial charge in [-0.15, -0.1) is 0 Å². The molecule has 1 unspecified atom stereocenters. The number of carbonyl (C=O) groups is 1. The van der Waals surface area contributed by atoms with Crippen LogP contribution in [0.1, 0.15) is 19.4 Å². The molecule has 1 aliphatic heterocycles. The molecule has 0 aliphatic carbocycles. The lowest BCUT2D eigenvalue weighted by molar-refractivity contribution is -0.144. The van der Waals surface area contributed by atoms with Crippen molar-refractivity contribution < 1.29 is 13.9 Å². The molecule has 0 radical (unpaired) electrons. The number of ether oxygens (including phenoxy) is 1. The monoisotopic (exact) mass is 303 g/mol. The summed E-state index contributed by atoms with van der Waals surface area (Å²) in [7, 11) is 0. The zero-order valence-corrected chi connectivity index (χ0v) is 12.4. The number of aromatic nitrogens is 2. The van der Waals surface area contributed by atoms with Crippen molar-refractivity contribution in [2.75, 3.05) is 13.1 Å². The van der Waals surface area contributed by atoms with E-state index in [1.807, 2.05) is 6.92 Å². The van der Waals surface area contributed by atoms with Gasteiger partial charge in [0.25, 0.3) is 0 Å². The molecular weight excluding hydrogens is 285 g/mol. The summed E-state index contributed by atoms with van der Waals surface area (Å²) in [6.07, 6.45) is 3.97. The maximum Gasteiger partial charge on any atom is 0.247 e. The van der Waals surface area contributed by atoms with Crippen LogP contribution in [0.15, 0.2) is 42.7 Å². The highest BCUT2D eigenvalue weighted by Crippen LogP contribution is 2.23. The Labute approximate surface area is 128 Å². The predicted octanol–water partition coefficient (Wildman–Crippen LogP) is 2.26. The molecule has 1 fully saturated rings. The number of hydrogen-bond donors (Lipinski definition) is 0. The zero-order valence-electron chi connectivity index (χ0n) is 12.4. The fourth-order valence-electron chi connectivity index (χ4n) is 2.56. The quantitative estimate of drug-likeness (QED) is 0.851. The molecule has 5 nitrogen and oxygen atoms in total. The van der Waals surface area contributed by atoms with Crippen LogP contribution in [-0.4, -0.2) is 39.8 Å². The highest BCUT2D eigenvalue weighted by atomic mass is 19.1. The summed E-state index contributed by atoms with van der Waals surface area (Å²) in [5.41, 5.74) is 0. The summed E-state index contributed by atoms with van der Waals surface area (Å²) in [4.78, 5) is 14.2. The third-order valence-electron chi connectivity index (χ3n) is 3.81. The molecule has 6 heteroatoms. The summed E-state index contributed by atoms with van der Waals surface area (Å²) in [6.45, 7) is 2.91. The van der Waals surface area contributed by atoms with Crippen molar-refractivity contribution in [3.63, 3.8) is 0 Å². The van der Waals surface area contributed by atoms with Gasteiger partial charge in [0.05, 0.1) is 13.1 Å². The molecule has 0 saturated carbocycles. The van der Waals surface area contributed by atoms with Gasteiger partial charge in [-0.3, -0.25) is 9.48 Å². The van der Waals surface area contributed by atoms with Crippen LogP contribution in [0.3, 0.4) is 0 Å². The standard InChI is InChI=1S/C16H18FN3O2/c1-2-14(20-9-5-8-18-20)16(21)19-10-12(11-19)22-15-7-4-3-6-13(15)17/h3-9,12,14H,2,10-11H2,1H3. The largest absolute Gasteiger partial charge is 0.484 e. The molecule has 0 N–H and O–H groups in total. The number of hydrogen-bond acceptors (Lipinski definition) is 3. The van der Waals surface area contributed by atoms with Crippen LogP contribution in [-0.2, 0) is 4.79 Å². The number of amides is 1. The van der Waals surface area contributed by atoms with Crippen molar-refractivity contribution in [2.45, 2.75) is 25.5 Å². The smallest absolute Gasteiger partial charge is 0.247 e. The number of nitrogens with zero attached hydrogens (tertiary/aromatic N) is 3. The van der Waals surface area contributed by atoms with E-state index in [1.54, 1.807) is 46.2 Å². The first-order chi connectivity index (χ1) is 10.7. The van der Waals surface area contributed by atoms with Gasteiger partial charge in [0.2, 0.25) is 5.91 Å². The minimum Gasteiger partial charge on any atom is -0.484 e. The van der Waals surface area contributed by atoms with Crippen molar-refractivity contribution in [2.24, 2.45) is 0 Å². The summed E-state index contributed by atoms with van der Waals surface area (Å²) in [6, 6.07) is 7.82. The van der Waals surface area contributed by atoms with E-state index in [4.69, 9.17) is 4.74 Å². The average molecular weight is 303 g/mol. The van der Waals surface area contributed by atoms with Crippen LogP contribution in [0, 0.1) is 5.82 Å². The number of likely N-dealkylation sites (tertiary alicyclic amines) is 1. The molecule has 22 heavy (non-hydrogen) atoms. The van der Waals surface area contributed by atoms with Crippen LogP contribution in [0.25, 0.3) is 0 Å². The number of halogens is 1. The Kier molecular flexibility index (Phi) is 4.09. The molecule has 0 bridgehead atoms. The Morgan fingerprint density at radius 1 is 1.41 bits per heavy atom. The lowest BCUT2D eigenvalue weighted by Crippen LogP contribution is -2.57. The minimum atomic E-state index is -0.379. The van der Waals surface area contributed by atoms with Gasteiger partial charge in [0, 0.05) is 12.4 Å². The first-order valence-electron chi connectivity index (χ1n) is 7.38. The molecule has 1 aliphatic rings. The third-order valence-corrected chi connectivity index (χ3v) is 3.81. The molecule has 2 aromatic rings. The normalized spacial score (nSPS) is 16.2. The lowest BCUT2D eigenvalue weighted by Gasteiger charge is -2.40. The molecular formula is C16H18FN3O2. The second-order valence-electron chi connectivity index (χ2n) is 5.32. The number of para-hydroxylation sites is 1. The van der Waals surface area contributed by atoms with E-state index in [2.05, 4.69) is 5.10 Å². The van der Waals surface area contributed by atoms with Gasteiger partial charge < -0.3 is 9.64 Å². The molecule has 1 aromatic heterocycles. The van der Waals surface area contributed by atoms with E-state index in [0.717, 1.165) is 0 Å². The molecule has 1 atom stereocenters. The van der Waals surface area contributed by atoms with Crippen LogP contribution >= 0.6 is 0 Å². The van der Waals surface area contributed by atoms with Gasteiger partial charge in [-0.05, 0) is 24.6 Å². The van der Waals surface area contributed by atoms with Gasteiger partial charge in [-0.2, -0.15) is 5.10 Å². The maximum absolute atomic E-state index is 13.5. The molecule has 2 heterocycles. The van der Waals surface area contributed by atoms with E-state index in [-0.39, 0.29) is 29.6 Å². The van der Waals surface area contributed by atoms with Gasteiger partial charge in [-0.25, -0.2) is 4.39 Å².